The van der Waals surface area contributed by atoms with E-state index in [0.717, 1.165) is 24.5 Å². The van der Waals surface area contributed by atoms with Crippen molar-refractivity contribution in [2.45, 2.75) is 38.6 Å². The van der Waals surface area contributed by atoms with E-state index in [-0.39, 0.29) is 30.7 Å². The van der Waals surface area contributed by atoms with Crippen LogP contribution in [0.5, 0.6) is 0 Å². The second-order valence-electron chi connectivity index (χ2n) is 5.07. The smallest absolute Gasteiger partial charge is 0.241 e. The minimum Gasteiger partial charge on any atom is -0.370 e. The maximum atomic E-state index is 11.9. The predicted molar refractivity (Wildman–Crippen MR) is 93.9 cm³/mol. The van der Waals surface area contributed by atoms with Gasteiger partial charge in [0.05, 0.1) is 17.4 Å². The van der Waals surface area contributed by atoms with Gasteiger partial charge in [0.25, 0.3) is 0 Å². The number of para-hydroxylation sites is 2. The molecule has 1 saturated heterocycles. The fourth-order valence-electron chi connectivity index (χ4n) is 2.40. The standard InChI is InChI=1S/C15H23N3O.2ClH/c1-2-12(16)15(19)17-13-8-4-5-9-14(13)18-10-6-3-7-11-18;;/h4-5,8-9,12H,2-3,6-7,10-11,16H2,1H3,(H,17,19);2*1H/t12-;;/m0../s1. The highest BCUT2D eigenvalue weighted by Gasteiger charge is 2.17. The Balaban J connectivity index is 0.00000200. The van der Waals surface area contributed by atoms with Gasteiger partial charge in [-0.3, -0.25) is 4.79 Å². The van der Waals surface area contributed by atoms with Crippen molar-refractivity contribution in [2.75, 3.05) is 23.3 Å². The van der Waals surface area contributed by atoms with Crippen LogP contribution in [0, 0.1) is 0 Å². The van der Waals surface area contributed by atoms with Crippen LogP contribution < -0.4 is 16.0 Å². The average Bonchev–Trinajstić information content (AvgIpc) is 2.47. The van der Waals surface area contributed by atoms with Gasteiger partial charge in [0.15, 0.2) is 0 Å². The van der Waals surface area contributed by atoms with Crippen molar-refractivity contribution in [3.63, 3.8) is 0 Å². The van der Waals surface area contributed by atoms with E-state index in [2.05, 4.69) is 16.3 Å². The molecule has 1 aromatic carbocycles. The Morgan fingerprint density at radius 2 is 1.86 bits per heavy atom. The van der Waals surface area contributed by atoms with E-state index in [9.17, 15) is 4.79 Å². The lowest BCUT2D eigenvalue weighted by Gasteiger charge is -2.30. The van der Waals surface area contributed by atoms with E-state index in [0.29, 0.717) is 6.42 Å². The number of anilines is 2. The van der Waals surface area contributed by atoms with Crippen LogP contribution in [0.3, 0.4) is 0 Å². The van der Waals surface area contributed by atoms with Crippen LogP contribution in [0.1, 0.15) is 32.6 Å². The van der Waals surface area contributed by atoms with E-state index in [1.807, 2.05) is 25.1 Å². The molecule has 1 aliphatic heterocycles. The highest BCUT2D eigenvalue weighted by Crippen LogP contribution is 2.28. The Morgan fingerprint density at radius 3 is 2.48 bits per heavy atom. The zero-order valence-corrected chi connectivity index (χ0v) is 14.0. The molecule has 2 rings (SSSR count). The number of carbonyl (C=O) groups excluding carboxylic acids is 1. The summed E-state index contributed by atoms with van der Waals surface area (Å²) in [4.78, 5) is 14.3. The van der Waals surface area contributed by atoms with Gasteiger partial charge in [-0.1, -0.05) is 19.1 Å². The first-order valence-electron chi connectivity index (χ1n) is 7.12. The van der Waals surface area contributed by atoms with Crippen molar-refractivity contribution in [2.24, 2.45) is 5.73 Å². The van der Waals surface area contributed by atoms with Crippen LogP contribution >= 0.6 is 24.8 Å². The highest BCUT2D eigenvalue weighted by molar-refractivity contribution is 5.97. The van der Waals surface area contributed by atoms with Crippen LogP contribution in [-0.4, -0.2) is 25.0 Å². The molecule has 6 heteroatoms. The van der Waals surface area contributed by atoms with Gasteiger partial charge in [-0.2, -0.15) is 0 Å². The summed E-state index contributed by atoms with van der Waals surface area (Å²) in [5, 5.41) is 2.95. The molecule has 1 aromatic rings. The summed E-state index contributed by atoms with van der Waals surface area (Å²) in [5.41, 5.74) is 7.75. The second kappa shape index (κ2) is 9.87. The van der Waals surface area contributed by atoms with Gasteiger partial charge < -0.3 is 16.0 Å². The molecule has 1 fully saturated rings. The number of amides is 1. The lowest BCUT2D eigenvalue weighted by molar-refractivity contribution is -0.117. The summed E-state index contributed by atoms with van der Waals surface area (Å²) in [6.45, 7) is 4.04. The zero-order chi connectivity index (χ0) is 13.7. The largest absolute Gasteiger partial charge is 0.370 e. The van der Waals surface area contributed by atoms with Crippen LogP contribution in [-0.2, 0) is 4.79 Å². The number of nitrogens with one attached hydrogen (secondary N) is 1. The van der Waals surface area contributed by atoms with E-state index in [1.54, 1.807) is 0 Å². The van der Waals surface area contributed by atoms with Gasteiger partial charge in [-0.25, -0.2) is 0 Å². The van der Waals surface area contributed by atoms with Gasteiger partial charge in [0.1, 0.15) is 0 Å². The quantitative estimate of drug-likeness (QED) is 0.889. The molecule has 1 amide bonds. The van der Waals surface area contributed by atoms with Crippen LogP contribution in [0.15, 0.2) is 24.3 Å². The Morgan fingerprint density at radius 1 is 1.24 bits per heavy atom. The minimum atomic E-state index is -0.436. The molecule has 1 aliphatic rings. The van der Waals surface area contributed by atoms with Gasteiger partial charge in [-0.05, 0) is 37.8 Å². The number of hydrogen-bond acceptors (Lipinski definition) is 3. The molecule has 0 aliphatic carbocycles. The summed E-state index contributed by atoms with van der Waals surface area (Å²) < 4.78 is 0. The Bertz CT molecular complexity index is 437. The molecule has 21 heavy (non-hydrogen) atoms. The van der Waals surface area contributed by atoms with Crippen molar-refractivity contribution in [3.05, 3.63) is 24.3 Å². The first-order valence-corrected chi connectivity index (χ1v) is 7.12. The summed E-state index contributed by atoms with van der Waals surface area (Å²) >= 11 is 0. The zero-order valence-electron chi connectivity index (χ0n) is 12.4. The van der Waals surface area contributed by atoms with Crippen LogP contribution in [0.25, 0.3) is 0 Å². The molecule has 4 nitrogen and oxygen atoms in total. The molecule has 0 unspecified atom stereocenters. The number of rotatable bonds is 4. The summed E-state index contributed by atoms with van der Waals surface area (Å²) in [5.74, 6) is -0.105. The Kier molecular flexibility index (Phi) is 9.42. The number of carbonyl (C=O) groups is 1. The second-order valence-corrected chi connectivity index (χ2v) is 5.07. The number of hydrogen-bond donors (Lipinski definition) is 2. The molecule has 1 atom stereocenters. The molecule has 0 spiro atoms. The summed E-state index contributed by atoms with van der Waals surface area (Å²) in [6.07, 6.45) is 4.39. The van der Waals surface area contributed by atoms with Crippen molar-refractivity contribution in [1.82, 2.24) is 0 Å². The molecule has 0 aromatic heterocycles. The normalized spacial score (nSPS) is 15.4. The molecular weight excluding hydrogens is 309 g/mol. The first-order chi connectivity index (χ1) is 9.22. The SMILES string of the molecule is CC[C@H](N)C(=O)Nc1ccccc1N1CCCCC1.Cl.Cl. The lowest BCUT2D eigenvalue weighted by Crippen LogP contribution is -2.36. The minimum absolute atomic E-state index is 0. The van der Waals surface area contributed by atoms with Crippen molar-refractivity contribution in [3.8, 4) is 0 Å². The van der Waals surface area contributed by atoms with Crippen LogP contribution in [0.4, 0.5) is 11.4 Å². The predicted octanol–water partition coefficient (Wildman–Crippen LogP) is 3.20. The van der Waals surface area contributed by atoms with Gasteiger partial charge in [-0.15, -0.1) is 24.8 Å². The third-order valence-corrected chi connectivity index (χ3v) is 3.64. The molecule has 120 valence electrons. The monoisotopic (exact) mass is 333 g/mol. The highest BCUT2D eigenvalue weighted by atomic mass is 35.5. The first kappa shape index (κ1) is 20.0. The van der Waals surface area contributed by atoms with E-state index < -0.39 is 6.04 Å². The number of halogens is 2. The molecule has 1 heterocycles. The summed E-state index contributed by atoms with van der Waals surface area (Å²) in [7, 11) is 0. The van der Waals surface area contributed by atoms with Crippen molar-refractivity contribution < 1.29 is 4.79 Å². The summed E-state index contributed by atoms with van der Waals surface area (Å²) in [6, 6.07) is 7.54. The molecule has 0 saturated carbocycles. The number of benzene rings is 1. The molecule has 3 N–H and O–H groups in total. The average molecular weight is 334 g/mol. The third kappa shape index (κ3) is 5.38. The molecular formula is C15H25Cl2N3O. The van der Waals surface area contributed by atoms with Crippen LogP contribution in [0.2, 0.25) is 0 Å². The topological polar surface area (TPSA) is 58.4 Å². The maximum absolute atomic E-state index is 11.9. The Hall–Kier alpha value is -0.970. The number of piperidine rings is 1. The van der Waals surface area contributed by atoms with E-state index in [4.69, 9.17) is 5.73 Å². The number of nitrogens with zero attached hydrogens (tertiary/aromatic N) is 1. The van der Waals surface area contributed by atoms with Gasteiger partial charge in [0, 0.05) is 13.1 Å². The Labute approximate surface area is 139 Å². The maximum Gasteiger partial charge on any atom is 0.241 e. The van der Waals surface area contributed by atoms with Gasteiger partial charge >= 0.3 is 0 Å². The van der Waals surface area contributed by atoms with Crippen molar-refractivity contribution in [1.29, 1.82) is 0 Å². The van der Waals surface area contributed by atoms with Gasteiger partial charge in [0.2, 0.25) is 5.91 Å². The van der Waals surface area contributed by atoms with E-state index in [1.165, 1.54) is 19.3 Å². The molecule has 0 bridgehead atoms. The molecule has 0 radical (unpaired) electrons. The van der Waals surface area contributed by atoms with E-state index >= 15 is 0 Å². The fraction of sp³-hybridized carbons (Fsp3) is 0.533. The number of nitrogens with two attached hydrogens (primary N) is 1. The third-order valence-electron chi connectivity index (χ3n) is 3.64. The lowest BCUT2D eigenvalue weighted by atomic mass is 10.1. The van der Waals surface area contributed by atoms with Crippen molar-refractivity contribution >= 4 is 42.1 Å². The fourth-order valence-corrected chi connectivity index (χ4v) is 2.40.